The minimum atomic E-state index is -0.231. The third-order valence-corrected chi connectivity index (χ3v) is 5.95. The summed E-state index contributed by atoms with van der Waals surface area (Å²) in [6, 6.07) is 19.9. The van der Waals surface area contributed by atoms with E-state index in [9.17, 15) is 4.79 Å². The van der Waals surface area contributed by atoms with Crippen molar-refractivity contribution in [2.45, 2.75) is 25.5 Å². The number of carbonyl (C=O) groups is 1. The second kappa shape index (κ2) is 8.61. The molecule has 0 saturated carbocycles. The molecule has 0 aliphatic carbocycles. The predicted molar refractivity (Wildman–Crippen MR) is 103 cm³/mol. The Bertz CT molecular complexity index is 745. The van der Waals surface area contributed by atoms with Crippen molar-refractivity contribution in [3.63, 3.8) is 0 Å². The smallest absolute Gasteiger partial charge is 0.415 e. The maximum atomic E-state index is 13.1. The summed E-state index contributed by atoms with van der Waals surface area (Å²) in [4.78, 5) is 14.9. The Morgan fingerprint density at radius 1 is 1.04 bits per heavy atom. The van der Waals surface area contributed by atoms with Gasteiger partial charge in [-0.15, -0.1) is 0 Å². The molecule has 0 unspecified atom stereocenters. The minimum absolute atomic E-state index is 0. The maximum Gasteiger partial charge on any atom is 0.415 e. The number of fused-ring (bicyclic) bond motifs is 3. The van der Waals surface area contributed by atoms with Crippen molar-refractivity contribution in [2.24, 2.45) is 5.92 Å². The lowest BCUT2D eigenvalue weighted by molar-refractivity contribution is -0.928. The summed E-state index contributed by atoms with van der Waals surface area (Å²) >= 11 is 0. The highest BCUT2D eigenvalue weighted by Gasteiger charge is 2.45. The van der Waals surface area contributed by atoms with Crippen molar-refractivity contribution in [1.82, 2.24) is 0 Å². The van der Waals surface area contributed by atoms with Crippen LogP contribution in [0.3, 0.4) is 0 Å². The summed E-state index contributed by atoms with van der Waals surface area (Å²) in [5, 5.41) is 0. The summed E-state index contributed by atoms with van der Waals surface area (Å²) in [5.41, 5.74) is 1.98. The number of ether oxygens (including phenoxy) is 1. The highest BCUT2D eigenvalue weighted by atomic mass is 127. The second-order valence-electron chi connectivity index (χ2n) is 7.92. The zero-order valence-electron chi connectivity index (χ0n) is 15.8. The van der Waals surface area contributed by atoms with E-state index >= 15 is 0 Å². The molecule has 0 N–H and O–H groups in total. The molecule has 0 radical (unpaired) electrons. The first kappa shape index (κ1) is 20.1. The van der Waals surface area contributed by atoms with E-state index in [0.29, 0.717) is 12.5 Å². The van der Waals surface area contributed by atoms with Crippen LogP contribution in [0.1, 0.15) is 18.4 Å². The molecule has 1 amide bonds. The van der Waals surface area contributed by atoms with Crippen LogP contribution >= 0.6 is 0 Å². The molecule has 3 heterocycles. The number of amides is 1. The molecule has 5 rings (SSSR count). The van der Waals surface area contributed by atoms with Gasteiger partial charge in [0.15, 0.2) is 6.10 Å². The van der Waals surface area contributed by atoms with Crippen LogP contribution in [-0.2, 0) is 11.3 Å². The van der Waals surface area contributed by atoms with Crippen LogP contribution in [-0.4, -0.2) is 43.4 Å². The van der Waals surface area contributed by atoms with Crippen LogP contribution in [0, 0.1) is 5.92 Å². The van der Waals surface area contributed by atoms with E-state index in [1.165, 1.54) is 25.9 Å². The molecule has 3 aliphatic rings. The van der Waals surface area contributed by atoms with E-state index in [4.69, 9.17) is 4.74 Å². The van der Waals surface area contributed by atoms with Crippen molar-refractivity contribution in [2.75, 3.05) is 31.6 Å². The Balaban J connectivity index is 0.00000210. The van der Waals surface area contributed by atoms with Gasteiger partial charge in [-0.05, 0) is 17.7 Å². The van der Waals surface area contributed by atoms with Crippen molar-refractivity contribution >= 4 is 11.8 Å². The van der Waals surface area contributed by atoms with Crippen LogP contribution < -0.4 is 28.9 Å². The van der Waals surface area contributed by atoms with Crippen LogP contribution in [0.15, 0.2) is 60.7 Å². The van der Waals surface area contributed by atoms with Crippen LogP contribution in [0.25, 0.3) is 0 Å². The Labute approximate surface area is 178 Å². The van der Waals surface area contributed by atoms with E-state index in [0.717, 1.165) is 22.3 Å². The number of carbonyl (C=O) groups excluding carboxylic acids is 1. The van der Waals surface area contributed by atoms with Crippen molar-refractivity contribution in [3.8, 4) is 0 Å². The Morgan fingerprint density at radius 2 is 1.63 bits per heavy atom. The van der Waals surface area contributed by atoms with Gasteiger partial charge in [-0.2, -0.15) is 0 Å². The number of halogens is 1. The maximum absolute atomic E-state index is 13.1. The molecule has 3 saturated heterocycles. The van der Waals surface area contributed by atoms with Gasteiger partial charge in [-0.1, -0.05) is 48.5 Å². The molecule has 144 valence electrons. The van der Waals surface area contributed by atoms with E-state index in [1.807, 2.05) is 60.7 Å². The molecule has 3 aliphatic heterocycles. The number of piperidine rings is 3. The van der Waals surface area contributed by atoms with Gasteiger partial charge in [0.2, 0.25) is 0 Å². The molecular weight excluding hydrogens is 451 g/mol. The summed E-state index contributed by atoms with van der Waals surface area (Å²) in [5.74, 6) is 0.522. The Kier molecular flexibility index (Phi) is 6.42. The Morgan fingerprint density at radius 3 is 2.22 bits per heavy atom. The molecule has 2 aromatic carbocycles. The lowest BCUT2D eigenvalue weighted by Gasteiger charge is -2.49. The molecule has 2 bridgehead atoms. The standard InChI is InChI=1S/C22H27N2O2.HI/c1-24-14-12-19(13-15-24)21(17-24)26-22(25)23(20-10-6-3-7-11-20)16-18-8-4-2-5-9-18;/h2-11,19,21H,12-17H2,1H3;1H/q+1;/p-1/t19?,21-,24?;/m0./s1. The molecule has 27 heavy (non-hydrogen) atoms. The lowest BCUT2D eigenvalue weighted by Crippen LogP contribution is -3.00. The van der Waals surface area contributed by atoms with Crippen molar-refractivity contribution in [1.29, 1.82) is 0 Å². The molecule has 0 spiro atoms. The first-order valence-electron chi connectivity index (χ1n) is 9.54. The quantitative estimate of drug-likeness (QED) is 0.487. The number of benzene rings is 2. The highest BCUT2D eigenvalue weighted by Crippen LogP contribution is 2.34. The molecular formula is C22H27IN2O2. The molecule has 5 heteroatoms. The van der Waals surface area contributed by atoms with E-state index in [-0.39, 0.29) is 36.2 Å². The fraction of sp³-hybridized carbons (Fsp3) is 0.409. The van der Waals surface area contributed by atoms with Gasteiger partial charge in [0.25, 0.3) is 0 Å². The highest BCUT2D eigenvalue weighted by molar-refractivity contribution is 5.87. The number of para-hydroxylation sites is 1. The number of hydrogen-bond acceptors (Lipinski definition) is 2. The lowest BCUT2D eigenvalue weighted by atomic mass is 9.84. The van der Waals surface area contributed by atoms with E-state index in [1.54, 1.807) is 4.90 Å². The first-order chi connectivity index (χ1) is 12.6. The number of anilines is 1. The summed E-state index contributed by atoms with van der Waals surface area (Å²) in [6.07, 6.45) is 2.14. The summed E-state index contributed by atoms with van der Waals surface area (Å²) < 4.78 is 7.09. The van der Waals surface area contributed by atoms with Gasteiger partial charge in [0, 0.05) is 24.4 Å². The fourth-order valence-corrected chi connectivity index (χ4v) is 4.31. The van der Waals surface area contributed by atoms with E-state index < -0.39 is 0 Å². The molecule has 4 nitrogen and oxygen atoms in total. The first-order valence-corrected chi connectivity index (χ1v) is 9.54. The van der Waals surface area contributed by atoms with Gasteiger partial charge in [-0.3, -0.25) is 4.90 Å². The largest absolute Gasteiger partial charge is 1.00 e. The average Bonchev–Trinajstić information content (AvgIpc) is 2.67. The third-order valence-electron chi connectivity index (χ3n) is 5.95. The zero-order chi connectivity index (χ0) is 18.0. The number of hydrogen-bond donors (Lipinski definition) is 0. The Hall–Kier alpha value is -1.60. The SMILES string of the molecule is C[N+]12CCC(CC1)[C@@H](OC(=O)N(Cc1ccccc1)c1ccccc1)C2.[I-]. The van der Waals surface area contributed by atoms with Crippen LogP contribution in [0.5, 0.6) is 0 Å². The zero-order valence-corrected chi connectivity index (χ0v) is 17.9. The van der Waals surface area contributed by atoms with Crippen molar-refractivity contribution < 1.29 is 38.0 Å². The van der Waals surface area contributed by atoms with Crippen LogP contribution in [0.4, 0.5) is 10.5 Å². The average molecular weight is 478 g/mol. The minimum Gasteiger partial charge on any atom is -1.00 e. The normalized spacial score (nSPS) is 26.1. The molecule has 3 fully saturated rings. The fourth-order valence-electron chi connectivity index (χ4n) is 4.31. The van der Waals surface area contributed by atoms with Crippen molar-refractivity contribution in [3.05, 3.63) is 66.2 Å². The van der Waals surface area contributed by atoms with E-state index in [2.05, 4.69) is 7.05 Å². The van der Waals surface area contributed by atoms with Gasteiger partial charge in [0.05, 0.1) is 26.7 Å². The third kappa shape index (κ3) is 4.63. The second-order valence-corrected chi connectivity index (χ2v) is 7.92. The number of rotatable bonds is 4. The van der Waals surface area contributed by atoms with Gasteiger partial charge in [0.1, 0.15) is 6.54 Å². The summed E-state index contributed by atoms with van der Waals surface area (Å²) in [7, 11) is 2.29. The topological polar surface area (TPSA) is 29.5 Å². The van der Waals surface area contributed by atoms with Crippen LogP contribution in [0.2, 0.25) is 0 Å². The molecule has 1 atom stereocenters. The van der Waals surface area contributed by atoms with Gasteiger partial charge in [-0.25, -0.2) is 4.79 Å². The number of quaternary nitrogens is 1. The predicted octanol–water partition coefficient (Wildman–Crippen LogP) is 1.07. The number of nitrogens with zero attached hydrogens (tertiary/aromatic N) is 2. The monoisotopic (exact) mass is 478 g/mol. The molecule has 0 aromatic heterocycles. The number of likely N-dealkylation sites (N-methyl/N-ethyl adjacent to an activating group) is 1. The summed E-state index contributed by atoms with van der Waals surface area (Å²) in [6.45, 7) is 3.90. The molecule has 2 aromatic rings. The van der Waals surface area contributed by atoms with Gasteiger partial charge < -0.3 is 33.2 Å². The van der Waals surface area contributed by atoms with Gasteiger partial charge >= 0.3 is 6.09 Å².